The van der Waals surface area contributed by atoms with Gasteiger partial charge < -0.3 is 5.32 Å². The second-order valence-electron chi connectivity index (χ2n) is 5.18. The normalized spacial score (nSPS) is 22.4. The van der Waals surface area contributed by atoms with Crippen molar-refractivity contribution in [1.29, 1.82) is 0 Å². The fourth-order valence-electron chi connectivity index (χ4n) is 2.71. The zero-order chi connectivity index (χ0) is 13.7. The molecular formula is C15H19ClFNO. The molecule has 19 heavy (non-hydrogen) atoms. The van der Waals surface area contributed by atoms with Crippen LogP contribution in [0.1, 0.15) is 24.8 Å². The van der Waals surface area contributed by atoms with Crippen LogP contribution in [0.25, 0.3) is 0 Å². The maximum atomic E-state index is 13.4. The number of carbonyl (C=O) groups excluding carboxylic acids is 1. The lowest BCUT2D eigenvalue weighted by Crippen LogP contribution is -2.32. The van der Waals surface area contributed by atoms with Gasteiger partial charge in [0.1, 0.15) is 5.82 Å². The van der Waals surface area contributed by atoms with Gasteiger partial charge in [-0.15, -0.1) is 11.6 Å². The summed E-state index contributed by atoms with van der Waals surface area (Å²) in [6, 6.07) is 6.39. The van der Waals surface area contributed by atoms with Crippen LogP contribution in [-0.2, 0) is 11.2 Å². The molecule has 2 nitrogen and oxygen atoms in total. The van der Waals surface area contributed by atoms with Crippen LogP contribution in [0.5, 0.6) is 0 Å². The minimum absolute atomic E-state index is 0.102. The van der Waals surface area contributed by atoms with Gasteiger partial charge in [0.2, 0.25) is 5.91 Å². The summed E-state index contributed by atoms with van der Waals surface area (Å²) in [5.74, 6) is 1.20. The molecule has 0 spiro atoms. The molecule has 2 unspecified atom stereocenters. The molecule has 0 radical (unpaired) electrons. The number of hydrogen-bond donors (Lipinski definition) is 1. The number of alkyl halides is 1. The first-order valence-electron chi connectivity index (χ1n) is 6.76. The Bertz CT molecular complexity index is 438. The molecule has 1 aliphatic rings. The second-order valence-corrected chi connectivity index (χ2v) is 5.49. The summed E-state index contributed by atoms with van der Waals surface area (Å²) in [7, 11) is 0. The molecule has 0 heterocycles. The van der Waals surface area contributed by atoms with Crippen LogP contribution in [0, 0.1) is 17.7 Å². The maximum Gasteiger partial charge on any atom is 0.224 e. The maximum absolute atomic E-state index is 13.4. The zero-order valence-corrected chi connectivity index (χ0v) is 11.6. The standard InChI is InChI=1S/C15H19ClFNO/c16-9-12-5-3-6-13(12)10-18-15(19)8-11-4-1-2-7-14(11)17/h1-2,4,7,12-13H,3,5-6,8-10H2,(H,18,19). The van der Waals surface area contributed by atoms with Crippen LogP contribution in [0.4, 0.5) is 4.39 Å². The summed E-state index contributed by atoms with van der Waals surface area (Å²) in [4.78, 5) is 11.8. The molecule has 4 heteroatoms. The Balaban J connectivity index is 1.80. The fourth-order valence-corrected chi connectivity index (χ4v) is 3.11. The summed E-state index contributed by atoms with van der Waals surface area (Å²) >= 11 is 5.91. The van der Waals surface area contributed by atoms with Gasteiger partial charge in [-0.05, 0) is 36.3 Å². The van der Waals surface area contributed by atoms with Gasteiger partial charge in [0, 0.05) is 12.4 Å². The van der Waals surface area contributed by atoms with Gasteiger partial charge in [-0.25, -0.2) is 4.39 Å². The average molecular weight is 284 g/mol. The summed E-state index contributed by atoms with van der Waals surface area (Å²) < 4.78 is 13.4. The number of halogens is 2. The summed E-state index contributed by atoms with van der Waals surface area (Å²) in [6.07, 6.45) is 3.56. The number of benzene rings is 1. The lowest BCUT2D eigenvalue weighted by atomic mass is 9.98. The van der Waals surface area contributed by atoms with Crippen molar-refractivity contribution < 1.29 is 9.18 Å². The first kappa shape index (κ1) is 14.3. The van der Waals surface area contributed by atoms with Crippen LogP contribution in [0.2, 0.25) is 0 Å². The van der Waals surface area contributed by atoms with Crippen molar-refractivity contribution in [2.75, 3.05) is 12.4 Å². The van der Waals surface area contributed by atoms with Crippen molar-refractivity contribution >= 4 is 17.5 Å². The number of hydrogen-bond acceptors (Lipinski definition) is 1. The Hall–Kier alpha value is -1.09. The number of amides is 1. The Morgan fingerprint density at radius 3 is 2.79 bits per heavy atom. The first-order chi connectivity index (χ1) is 9.20. The van der Waals surface area contributed by atoms with Crippen molar-refractivity contribution in [2.45, 2.75) is 25.7 Å². The number of nitrogens with one attached hydrogen (secondary N) is 1. The van der Waals surface area contributed by atoms with E-state index in [9.17, 15) is 9.18 Å². The molecule has 1 amide bonds. The van der Waals surface area contributed by atoms with Crippen molar-refractivity contribution in [1.82, 2.24) is 5.32 Å². The van der Waals surface area contributed by atoms with Crippen LogP contribution in [0.3, 0.4) is 0 Å². The van der Waals surface area contributed by atoms with Gasteiger partial charge in [-0.2, -0.15) is 0 Å². The molecule has 2 rings (SSSR count). The quantitative estimate of drug-likeness (QED) is 0.827. The van der Waals surface area contributed by atoms with E-state index in [4.69, 9.17) is 11.6 Å². The largest absolute Gasteiger partial charge is 0.356 e. The summed E-state index contributed by atoms with van der Waals surface area (Å²) in [5.41, 5.74) is 0.445. The van der Waals surface area contributed by atoms with Crippen LogP contribution in [0.15, 0.2) is 24.3 Å². The van der Waals surface area contributed by atoms with E-state index in [0.29, 0.717) is 29.8 Å². The predicted molar refractivity (Wildman–Crippen MR) is 74.7 cm³/mol. The van der Waals surface area contributed by atoms with Gasteiger partial charge in [0.25, 0.3) is 0 Å². The molecular weight excluding hydrogens is 265 g/mol. The van der Waals surface area contributed by atoms with Crippen molar-refractivity contribution in [3.63, 3.8) is 0 Å². The molecule has 0 saturated heterocycles. The minimum Gasteiger partial charge on any atom is -0.356 e. The third-order valence-electron chi connectivity index (χ3n) is 3.88. The topological polar surface area (TPSA) is 29.1 Å². The van der Waals surface area contributed by atoms with E-state index in [2.05, 4.69) is 5.32 Å². The predicted octanol–water partition coefficient (Wildman–Crippen LogP) is 3.14. The van der Waals surface area contributed by atoms with E-state index < -0.39 is 0 Å². The van der Waals surface area contributed by atoms with Crippen molar-refractivity contribution in [3.8, 4) is 0 Å². The molecule has 0 aromatic heterocycles. The highest BCUT2D eigenvalue weighted by molar-refractivity contribution is 6.18. The van der Waals surface area contributed by atoms with E-state index in [1.54, 1.807) is 18.2 Å². The zero-order valence-electron chi connectivity index (χ0n) is 10.9. The van der Waals surface area contributed by atoms with Crippen molar-refractivity contribution in [3.05, 3.63) is 35.6 Å². The Morgan fingerprint density at radius 2 is 2.05 bits per heavy atom. The van der Waals surface area contributed by atoms with Crippen LogP contribution < -0.4 is 5.32 Å². The molecule has 1 aromatic rings. The van der Waals surface area contributed by atoms with Gasteiger partial charge >= 0.3 is 0 Å². The third kappa shape index (κ3) is 3.93. The molecule has 1 fully saturated rings. The highest BCUT2D eigenvalue weighted by Gasteiger charge is 2.26. The smallest absolute Gasteiger partial charge is 0.224 e. The lowest BCUT2D eigenvalue weighted by Gasteiger charge is -2.17. The Labute approximate surface area is 118 Å². The van der Waals surface area contributed by atoms with E-state index in [0.717, 1.165) is 12.8 Å². The Kier molecular flexibility index (Phi) is 5.20. The Morgan fingerprint density at radius 1 is 1.32 bits per heavy atom. The van der Waals surface area contributed by atoms with E-state index in [1.807, 2.05) is 0 Å². The molecule has 0 bridgehead atoms. The molecule has 0 aliphatic heterocycles. The molecule has 104 valence electrons. The number of carbonyl (C=O) groups is 1. The van der Waals surface area contributed by atoms with E-state index in [-0.39, 0.29) is 18.1 Å². The molecule has 1 aromatic carbocycles. The molecule has 1 N–H and O–H groups in total. The molecule has 2 atom stereocenters. The number of rotatable bonds is 5. The van der Waals surface area contributed by atoms with Gasteiger partial charge in [-0.1, -0.05) is 24.6 Å². The minimum atomic E-state index is -0.322. The average Bonchev–Trinajstić information content (AvgIpc) is 2.86. The van der Waals surface area contributed by atoms with Gasteiger partial charge in [-0.3, -0.25) is 4.79 Å². The van der Waals surface area contributed by atoms with Crippen LogP contribution in [-0.4, -0.2) is 18.3 Å². The fraction of sp³-hybridized carbons (Fsp3) is 0.533. The first-order valence-corrected chi connectivity index (χ1v) is 7.30. The highest BCUT2D eigenvalue weighted by atomic mass is 35.5. The summed E-state index contributed by atoms with van der Waals surface area (Å²) in [6.45, 7) is 0.657. The van der Waals surface area contributed by atoms with Gasteiger partial charge in [0.05, 0.1) is 6.42 Å². The highest BCUT2D eigenvalue weighted by Crippen LogP contribution is 2.31. The second kappa shape index (κ2) is 6.90. The lowest BCUT2D eigenvalue weighted by molar-refractivity contribution is -0.120. The third-order valence-corrected chi connectivity index (χ3v) is 4.28. The van der Waals surface area contributed by atoms with E-state index in [1.165, 1.54) is 12.5 Å². The molecule has 1 saturated carbocycles. The molecule has 1 aliphatic carbocycles. The van der Waals surface area contributed by atoms with Crippen LogP contribution >= 0.6 is 11.6 Å². The van der Waals surface area contributed by atoms with Gasteiger partial charge in [0.15, 0.2) is 0 Å². The summed E-state index contributed by atoms with van der Waals surface area (Å²) in [5, 5.41) is 2.90. The SMILES string of the molecule is O=C(Cc1ccccc1F)NCC1CCCC1CCl. The monoisotopic (exact) mass is 283 g/mol. The van der Waals surface area contributed by atoms with E-state index >= 15 is 0 Å². The van der Waals surface area contributed by atoms with Crippen molar-refractivity contribution in [2.24, 2.45) is 11.8 Å².